The van der Waals surface area contributed by atoms with E-state index in [2.05, 4.69) is 0 Å². The number of carbonyl (C=O) groups is 1. The zero-order valence-corrected chi connectivity index (χ0v) is 10.0. The van der Waals surface area contributed by atoms with Crippen LogP contribution in [0.15, 0.2) is 0 Å². The number of rotatable bonds is 6. The number of Topliss-reactive ketones (excluding diaryl/α,β-unsaturated/α-hetero) is 1. The summed E-state index contributed by atoms with van der Waals surface area (Å²) in [5, 5.41) is 9.62. The van der Waals surface area contributed by atoms with Crippen molar-refractivity contribution >= 4 is 5.78 Å². The van der Waals surface area contributed by atoms with Crippen LogP contribution in [0.4, 0.5) is 0 Å². The van der Waals surface area contributed by atoms with Crippen LogP contribution in [0, 0.1) is 5.92 Å². The summed E-state index contributed by atoms with van der Waals surface area (Å²) in [6, 6.07) is 0. The summed E-state index contributed by atoms with van der Waals surface area (Å²) in [6.07, 6.45) is 0. The maximum absolute atomic E-state index is 11.5. The van der Waals surface area contributed by atoms with Crippen molar-refractivity contribution in [2.75, 3.05) is 19.6 Å². The monoisotopic (exact) mass is 201 g/mol. The SMILES string of the molecule is CCN(CC(=O)C(C)C)CC(C)(C)O. The average molecular weight is 201 g/mol. The molecule has 0 heterocycles. The van der Waals surface area contributed by atoms with Gasteiger partial charge in [0.2, 0.25) is 0 Å². The second kappa shape index (κ2) is 5.47. The molecule has 84 valence electrons. The molecule has 0 unspecified atom stereocenters. The lowest BCUT2D eigenvalue weighted by Gasteiger charge is -2.27. The molecular formula is C11H23NO2. The molecule has 0 amide bonds. The molecule has 0 rings (SSSR count). The first-order chi connectivity index (χ1) is 6.26. The molecule has 0 saturated heterocycles. The van der Waals surface area contributed by atoms with Crippen molar-refractivity contribution in [3.05, 3.63) is 0 Å². The number of carbonyl (C=O) groups excluding carboxylic acids is 1. The topological polar surface area (TPSA) is 40.5 Å². The number of ketones is 1. The first-order valence-corrected chi connectivity index (χ1v) is 5.23. The fourth-order valence-electron chi connectivity index (χ4n) is 1.23. The first kappa shape index (κ1) is 13.6. The number of hydrogen-bond donors (Lipinski definition) is 1. The Morgan fingerprint density at radius 1 is 1.43 bits per heavy atom. The molecule has 0 saturated carbocycles. The molecule has 0 aliphatic carbocycles. The average Bonchev–Trinajstić information content (AvgIpc) is 2.00. The molecule has 3 heteroatoms. The van der Waals surface area contributed by atoms with Crippen molar-refractivity contribution in [2.24, 2.45) is 5.92 Å². The summed E-state index contributed by atoms with van der Waals surface area (Å²) in [4.78, 5) is 13.4. The van der Waals surface area contributed by atoms with Gasteiger partial charge in [0.25, 0.3) is 0 Å². The van der Waals surface area contributed by atoms with Crippen LogP contribution in [-0.2, 0) is 4.79 Å². The normalized spacial score (nSPS) is 12.6. The third-order valence-electron chi connectivity index (χ3n) is 2.08. The van der Waals surface area contributed by atoms with Crippen molar-refractivity contribution in [1.29, 1.82) is 0 Å². The molecule has 1 N–H and O–H groups in total. The summed E-state index contributed by atoms with van der Waals surface area (Å²) in [5.74, 6) is 0.307. The van der Waals surface area contributed by atoms with E-state index >= 15 is 0 Å². The van der Waals surface area contributed by atoms with Gasteiger partial charge in [0.15, 0.2) is 0 Å². The molecule has 0 aromatic heterocycles. The van der Waals surface area contributed by atoms with Gasteiger partial charge in [0.05, 0.1) is 12.1 Å². The number of hydrogen-bond acceptors (Lipinski definition) is 3. The molecular weight excluding hydrogens is 178 g/mol. The minimum Gasteiger partial charge on any atom is -0.389 e. The highest BCUT2D eigenvalue weighted by Gasteiger charge is 2.19. The van der Waals surface area contributed by atoms with Crippen molar-refractivity contribution < 1.29 is 9.90 Å². The molecule has 0 aromatic carbocycles. The Bertz CT molecular complexity index is 182. The predicted molar refractivity (Wildman–Crippen MR) is 58.3 cm³/mol. The molecule has 0 aliphatic rings. The Morgan fingerprint density at radius 2 is 1.93 bits per heavy atom. The molecule has 0 radical (unpaired) electrons. The van der Waals surface area contributed by atoms with E-state index in [9.17, 15) is 9.90 Å². The van der Waals surface area contributed by atoms with Gasteiger partial charge in [-0.25, -0.2) is 0 Å². The van der Waals surface area contributed by atoms with E-state index in [1.165, 1.54) is 0 Å². The van der Waals surface area contributed by atoms with Gasteiger partial charge in [-0.2, -0.15) is 0 Å². The van der Waals surface area contributed by atoms with Gasteiger partial charge in [-0.05, 0) is 20.4 Å². The van der Waals surface area contributed by atoms with Crippen LogP contribution in [0.25, 0.3) is 0 Å². The quantitative estimate of drug-likeness (QED) is 0.704. The smallest absolute Gasteiger partial charge is 0.149 e. The lowest BCUT2D eigenvalue weighted by molar-refractivity contribution is -0.123. The van der Waals surface area contributed by atoms with E-state index in [1.54, 1.807) is 13.8 Å². The van der Waals surface area contributed by atoms with E-state index in [1.807, 2.05) is 25.7 Å². The lowest BCUT2D eigenvalue weighted by atomic mass is 10.1. The van der Waals surface area contributed by atoms with Crippen LogP contribution in [0.3, 0.4) is 0 Å². The molecule has 0 fully saturated rings. The van der Waals surface area contributed by atoms with Crippen molar-refractivity contribution in [2.45, 2.75) is 40.2 Å². The third-order valence-corrected chi connectivity index (χ3v) is 2.08. The third kappa shape index (κ3) is 6.11. The number of aliphatic hydroxyl groups is 1. The molecule has 0 bridgehead atoms. The van der Waals surface area contributed by atoms with E-state index in [0.717, 1.165) is 6.54 Å². The molecule has 0 aliphatic heterocycles. The van der Waals surface area contributed by atoms with Crippen LogP contribution in [0.2, 0.25) is 0 Å². The Balaban J connectivity index is 4.10. The molecule has 3 nitrogen and oxygen atoms in total. The summed E-state index contributed by atoms with van der Waals surface area (Å²) in [7, 11) is 0. The number of likely N-dealkylation sites (N-methyl/N-ethyl adjacent to an activating group) is 1. The van der Waals surface area contributed by atoms with E-state index in [-0.39, 0.29) is 11.7 Å². The van der Waals surface area contributed by atoms with Crippen molar-refractivity contribution in [1.82, 2.24) is 4.90 Å². The lowest BCUT2D eigenvalue weighted by Crippen LogP contribution is -2.41. The van der Waals surface area contributed by atoms with Crippen molar-refractivity contribution in [3.8, 4) is 0 Å². The Hall–Kier alpha value is -0.410. The second-order valence-corrected chi connectivity index (χ2v) is 4.74. The maximum atomic E-state index is 11.5. The zero-order valence-electron chi connectivity index (χ0n) is 10.0. The van der Waals surface area contributed by atoms with Gasteiger partial charge < -0.3 is 5.11 Å². The highest BCUT2D eigenvalue weighted by atomic mass is 16.3. The largest absolute Gasteiger partial charge is 0.389 e. The molecule has 0 aromatic rings. The van der Waals surface area contributed by atoms with E-state index < -0.39 is 5.60 Å². The van der Waals surface area contributed by atoms with E-state index in [4.69, 9.17) is 0 Å². The van der Waals surface area contributed by atoms with Crippen LogP contribution >= 0.6 is 0 Å². The minimum absolute atomic E-state index is 0.0749. The fraction of sp³-hybridized carbons (Fsp3) is 0.909. The Kier molecular flexibility index (Phi) is 5.31. The highest BCUT2D eigenvalue weighted by molar-refractivity contribution is 5.82. The molecule has 0 atom stereocenters. The Labute approximate surface area is 87.1 Å². The van der Waals surface area contributed by atoms with Gasteiger partial charge in [-0.3, -0.25) is 9.69 Å². The van der Waals surface area contributed by atoms with E-state index in [0.29, 0.717) is 13.1 Å². The van der Waals surface area contributed by atoms with Crippen LogP contribution in [0.5, 0.6) is 0 Å². The second-order valence-electron chi connectivity index (χ2n) is 4.74. The minimum atomic E-state index is -0.729. The van der Waals surface area contributed by atoms with Crippen LogP contribution in [-0.4, -0.2) is 41.0 Å². The van der Waals surface area contributed by atoms with Gasteiger partial charge in [0, 0.05) is 12.5 Å². The summed E-state index contributed by atoms with van der Waals surface area (Å²) in [6.45, 7) is 11.1. The summed E-state index contributed by atoms with van der Waals surface area (Å²) >= 11 is 0. The standard InChI is InChI=1S/C11H23NO2/c1-6-12(8-11(4,5)14)7-10(13)9(2)3/h9,14H,6-8H2,1-5H3. The van der Waals surface area contributed by atoms with Gasteiger partial charge in [-0.1, -0.05) is 20.8 Å². The zero-order chi connectivity index (χ0) is 11.4. The summed E-state index contributed by atoms with van der Waals surface area (Å²) in [5.41, 5.74) is -0.729. The maximum Gasteiger partial charge on any atom is 0.149 e. The van der Waals surface area contributed by atoms with Crippen molar-refractivity contribution in [3.63, 3.8) is 0 Å². The van der Waals surface area contributed by atoms with Gasteiger partial charge in [0.1, 0.15) is 5.78 Å². The highest BCUT2D eigenvalue weighted by Crippen LogP contribution is 2.06. The predicted octanol–water partition coefficient (Wildman–Crippen LogP) is 1.30. The summed E-state index contributed by atoms with van der Waals surface area (Å²) < 4.78 is 0. The molecule has 14 heavy (non-hydrogen) atoms. The van der Waals surface area contributed by atoms with Gasteiger partial charge >= 0.3 is 0 Å². The molecule has 0 spiro atoms. The van der Waals surface area contributed by atoms with Crippen LogP contribution < -0.4 is 0 Å². The Morgan fingerprint density at radius 3 is 2.21 bits per heavy atom. The fourth-order valence-corrected chi connectivity index (χ4v) is 1.23. The van der Waals surface area contributed by atoms with Crippen LogP contribution in [0.1, 0.15) is 34.6 Å². The number of nitrogens with zero attached hydrogens (tertiary/aromatic N) is 1. The first-order valence-electron chi connectivity index (χ1n) is 5.23. The van der Waals surface area contributed by atoms with Gasteiger partial charge in [-0.15, -0.1) is 0 Å².